The highest BCUT2D eigenvalue weighted by Gasteiger charge is 2.17. The Balaban J connectivity index is 1.54. The van der Waals surface area contributed by atoms with Gasteiger partial charge in [-0.2, -0.15) is 0 Å². The predicted octanol–water partition coefficient (Wildman–Crippen LogP) is 7.35. The molecule has 1 N–H and O–H groups in total. The van der Waals surface area contributed by atoms with Gasteiger partial charge >= 0.3 is 0 Å². The van der Waals surface area contributed by atoms with Gasteiger partial charge in [-0.25, -0.2) is 4.39 Å². The topological polar surface area (TPSA) is 37.6 Å². The van der Waals surface area contributed by atoms with E-state index in [0.29, 0.717) is 19.6 Å². The number of ether oxygens (including phenoxy) is 1. The first-order chi connectivity index (χ1) is 17.9. The zero-order valence-corrected chi connectivity index (χ0v) is 21.9. The molecule has 0 aliphatic carbocycles. The second-order valence-corrected chi connectivity index (χ2v) is 9.65. The molecule has 0 unspecified atom stereocenters. The minimum atomic E-state index is -0.296. The molecule has 0 aliphatic rings. The summed E-state index contributed by atoms with van der Waals surface area (Å²) in [5, 5.41) is 11.1. The smallest absolute Gasteiger partial charge is 0.123 e. The lowest BCUT2D eigenvalue weighted by Crippen LogP contribution is -2.38. The van der Waals surface area contributed by atoms with Crippen molar-refractivity contribution in [2.45, 2.75) is 46.2 Å². The van der Waals surface area contributed by atoms with Crippen LogP contribution in [0.25, 0.3) is 22.2 Å². The highest BCUT2D eigenvalue weighted by molar-refractivity contribution is 5.92. The normalized spacial score (nSPS) is 12.4. The van der Waals surface area contributed by atoms with Crippen molar-refractivity contribution in [1.82, 2.24) is 9.47 Å². The molecule has 0 fully saturated rings. The summed E-state index contributed by atoms with van der Waals surface area (Å²) in [6.07, 6.45) is 1.57. The van der Waals surface area contributed by atoms with Crippen molar-refractivity contribution in [2.24, 2.45) is 0 Å². The number of phenolic OH excluding ortho intramolecular Hbond substituents is 1. The molecule has 1 atom stereocenters. The van der Waals surface area contributed by atoms with Gasteiger partial charge in [-0.1, -0.05) is 19.1 Å². The number of benzene rings is 3. The van der Waals surface area contributed by atoms with Crippen LogP contribution in [0.5, 0.6) is 11.5 Å². The third-order valence-corrected chi connectivity index (χ3v) is 6.89. The second kappa shape index (κ2) is 12.2. The summed E-state index contributed by atoms with van der Waals surface area (Å²) in [7, 11) is 0. The van der Waals surface area contributed by atoms with Crippen molar-refractivity contribution in [3.05, 3.63) is 83.7 Å². The van der Waals surface area contributed by atoms with Crippen molar-refractivity contribution in [3.8, 4) is 22.8 Å². The maximum absolute atomic E-state index is 13.6. The van der Waals surface area contributed by atoms with Gasteiger partial charge in [0.2, 0.25) is 0 Å². The Hall–Kier alpha value is -3.38. The van der Waals surface area contributed by atoms with Crippen LogP contribution in [-0.4, -0.2) is 47.0 Å². The van der Waals surface area contributed by atoms with Crippen LogP contribution in [0.1, 0.15) is 37.8 Å². The Kier molecular flexibility index (Phi) is 8.82. The lowest BCUT2D eigenvalue weighted by molar-refractivity contribution is 0.141. The number of fused-ring (bicyclic) bond motifs is 1. The van der Waals surface area contributed by atoms with Crippen molar-refractivity contribution < 1.29 is 18.6 Å². The first kappa shape index (κ1) is 26.7. The molecule has 4 rings (SSSR count). The van der Waals surface area contributed by atoms with Crippen LogP contribution >= 0.6 is 0 Å². The van der Waals surface area contributed by atoms with E-state index in [1.54, 1.807) is 24.3 Å². The van der Waals surface area contributed by atoms with Gasteiger partial charge in [0.15, 0.2) is 0 Å². The van der Waals surface area contributed by atoms with E-state index < -0.39 is 0 Å². The fourth-order valence-corrected chi connectivity index (χ4v) is 4.95. The second-order valence-electron chi connectivity index (χ2n) is 9.65. The van der Waals surface area contributed by atoms with E-state index in [0.717, 1.165) is 58.5 Å². The summed E-state index contributed by atoms with van der Waals surface area (Å²) in [4.78, 5) is 2.28. The molecule has 0 amide bonds. The summed E-state index contributed by atoms with van der Waals surface area (Å²) < 4.78 is 34.6. The Bertz CT molecular complexity index is 1300. The van der Waals surface area contributed by atoms with Crippen molar-refractivity contribution in [3.63, 3.8) is 0 Å². The zero-order valence-electron chi connectivity index (χ0n) is 21.9. The molecule has 37 heavy (non-hydrogen) atoms. The lowest BCUT2D eigenvalue weighted by atomic mass is 10.1. The summed E-state index contributed by atoms with van der Waals surface area (Å²) in [6, 6.07) is 20.2. The summed E-state index contributed by atoms with van der Waals surface area (Å²) in [6.45, 7) is 8.83. The molecule has 1 aromatic heterocycles. The third kappa shape index (κ3) is 6.31. The van der Waals surface area contributed by atoms with Crippen LogP contribution in [0.15, 0.2) is 66.7 Å². The predicted molar refractivity (Wildman–Crippen MR) is 147 cm³/mol. The molecule has 0 aliphatic heterocycles. The van der Waals surface area contributed by atoms with Gasteiger partial charge in [0, 0.05) is 30.0 Å². The number of alkyl halides is 1. The first-order valence-corrected chi connectivity index (χ1v) is 13.0. The standard InChI is InChI=1S/C31H36F2N2O2/c1-4-17-34(18-5-16-32)22(2)21-37-28-13-6-24(7-14-28)20-35-30-15-12-27(36)19-29(30)23(3)31(35)25-8-10-26(33)11-9-25/h6-15,19,22,36H,4-5,16-18,20-21H2,1-3H3/t22-/m0/s1. The summed E-state index contributed by atoms with van der Waals surface area (Å²) >= 11 is 0. The number of hydrogen-bond acceptors (Lipinski definition) is 3. The number of halogens is 2. The van der Waals surface area contributed by atoms with Crippen molar-refractivity contribution >= 4 is 10.9 Å². The first-order valence-electron chi connectivity index (χ1n) is 13.0. The Morgan fingerprint density at radius 1 is 1.00 bits per heavy atom. The highest BCUT2D eigenvalue weighted by atomic mass is 19.1. The molecular formula is C31H36F2N2O2. The molecule has 0 radical (unpaired) electrons. The van der Waals surface area contributed by atoms with E-state index in [2.05, 4.69) is 35.4 Å². The number of nitrogens with zero attached hydrogens (tertiary/aromatic N) is 2. The maximum Gasteiger partial charge on any atom is 0.123 e. The van der Waals surface area contributed by atoms with Gasteiger partial charge in [-0.05, 0) is 105 Å². The van der Waals surface area contributed by atoms with Crippen LogP contribution in [0.2, 0.25) is 0 Å². The van der Waals surface area contributed by atoms with Crippen LogP contribution in [-0.2, 0) is 6.54 Å². The van der Waals surface area contributed by atoms with Gasteiger partial charge in [-0.15, -0.1) is 0 Å². The number of rotatable bonds is 12. The van der Waals surface area contributed by atoms with Crippen LogP contribution in [0.4, 0.5) is 8.78 Å². The Morgan fingerprint density at radius 3 is 2.41 bits per heavy atom. The number of hydrogen-bond donors (Lipinski definition) is 1. The molecule has 0 spiro atoms. The summed E-state index contributed by atoms with van der Waals surface area (Å²) in [5.41, 5.74) is 5.07. The Labute approximate surface area is 218 Å². The molecule has 0 bridgehead atoms. The molecule has 6 heteroatoms. The molecule has 0 saturated carbocycles. The largest absolute Gasteiger partial charge is 0.508 e. The van der Waals surface area contributed by atoms with E-state index >= 15 is 0 Å². The highest BCUT2D eigenvalue weighted by Crippen LogP contribution is 2.35. The fourth-order valence-electron chi connectivity index (χ4n) is 4.95. The van der Waals surface area contributed by atoms with Crippen LogP contribution in [0, 0.1) is 12.7 Å². The molecular weight excluding hydrogens is 470 g/mol. The van der Waals surface area contributed by atoms with Crippen molar-refractivity contribution in [1.29, 1.82) is 0 Å². The van der Waals surface area contributed by atoms with Gasteiger partial charge in [0.1, 0.15) is 23.9 Å². The molecule has 3 aromatic carbocycles. The van der Waals surface area contributed by atoms with E-state index in [1.807, 2.05) is 25.1 Å². The van der Waals surface area contributed by atoms with E-state index in [-0.39, 0.29) is 24.3 Å². The summed E-state index contributed by atoms with van der Waals surface area (Å²) in [5.74, 6) is 0.748. The zero-order chi connectivity index (χ0) is 26.4. The van der Waals surface area contributed by atoms with E-state index in [9.17, 15) is 13.9 Å². The molecule has 0 saturated heterocycles. The van der Waals surface area contributed by atoms with Gasteiger partial charge < -0.3 is 14.4 Å². The molecule has 1 heterocycles. The van der Waals surface area contributed by atoms with Gasteiger partial charge in [-0.3, -0.25) is 9.29 Å². The molecule has 196 valence electrons. The number of phenols is 1. The third-order valence-electron chi connectivity index (χ3n) is 6.89. The van der Waals surface area contributed by atoms with Crippen LogP contribution in [0.3, 0.4) is 0 Å². The monoisotopic (exact) mass is 506 g/mol. The lowest BCUT2D eigenvalue weighted by Gasteiger charge is -2.28. The average Bonchev–Trinajstić information content (AvgIpc) is 3.16. The van der Waals surface area contributed by atoms with E-state index in [1.165, 1.54) is 12.1 Å². The molecule has 4 nitrogen and oxygen atoms in total. The van der Waals surface area contributed by atoms with Crippen LogP contribution < -0.4 is 4.74 Å². The average molecular weight is 507 g/mol. The minimum Gasteiger partial charge on any atom is -0.508 e. The number of aryl methyl sites for hydroxylation is 1. The minimum absolute atomic E-state index is 0.204. The maximum atomic E-state index is 13.6. The quantitative estimate of drug-likeness (QED) is 0.218. The number of aromatic nitrogens is 1. The van der Waals surface area contributed by atoms with Gasteiger partial charge in [0.05, 0.1) is 12.4 Å². The fraction of sp³-hybridized carbons (Fsp3) is 0.355. The van der Waals surface area contributed by atoms with Crippen molar-refractivity contribution in [2.75, 3.05) is 26.4 Å². The van der Waals surface area contributed by atoms with E-state index in [4.69, 9.17) is 4.74 Å². The molecule has 4 aromatic rings. The Morgan fingerprint density at radius 2 is 1.73 bits per heavy atom. The SMILES string of the molecule is CCCN(CCCF)[C@@H](C)COc1ccc(Cn2c(-c3ccc(F)cc3)c(C)c3cc(O)ccc32)cc1. The van der Waals surface area contributed by atoms with Gasteiger partial charge in [0.25, 0.3) is 0 Å². The number of aromatic hydroxyl groups is 1.